The van der Waals surface area contributed by atoms with Crippen LogP contribution in [0.15, 0.2) is 54.6 Å². The van der Waals surface area contributed by atoms with E-state index in [0.717, 1.165) is 12.8 Å². The van der Waals surface area contributed by atoms with Gasteiger partial charge in [-0.25, -0.2) is 0 Å². The van der Waals surface area contributed by atoms with Gasteiger partial charge >= 0.3 is 0 Å². The minimum absolute atomic E-state index is 0.00617. The molecular weight excluding hydrogens is 292 g/mol. The minimum atomic E-state index is -0.164. The fourth-order valence-corrected chi connectivity index (χ4v) is 2.07. The SMILES string of the molecule is O=C(COc1ccc(NC(=O)c2ccccc2)cc1)NC1CC1. The minimum Gasteiger partial charge on any atom is -0.484 e. The van der Waals surface area contributed by atoms with E-state index in [-0.39, 0.29) is 18.4 Å². The number of hydrogen-bond acceptors (Lipinski definition) is 3. The van der Waals surface area contributed by atoms with E-state index in [1.54, 1.807) is 36.4 Å². The van der Waals surface area contributed by atoms with Gasteiger partial charge in [0, 0.05) is 17.3 Å². The molecule has 0 heterocycles. The fourth-order valence-electron chi connectivity index (χ4n) is 2.07. The molecule has 1 saturated carbocycles. The van der Waals surface area contributed by atoms with Crippen molar-refractivity contribution in [1.29, 1.82) is 0 Å². The maximum atomic E-state index is 12.0. The Morgan fingerprint density at radius 2 is 1.70 bits per heavy atom. The molecule has 0 aromatic heterocycles. The van der Waals surface area contributed by atoms with Gasteiger partial charge in [-0.15, -0.1) is 0 Å². The molecule has 1 aliphatic rings. The molecule has 2 amide bonds. The molecule has 0 atom stereocenters. The lowest BCUT2D eigenvalue weighted by molar-refractivity contribution is -0.123. The molecule has 5 nitrogen and oxygen atoms in total. The van der Waals surface area contributed by atoms with Gasteiger partial charge in [-0.1, -0.05) is 18.2 Å². The summed E-state index contributed by atoms with van der Waals surface area (Å²) in [5.41, 5.74) is 1.28. The van der Waals surface area contributed by atoms with Gasteiger partial charge in [0.05, 0.1) is 0 Å². The van der Waals surface area contributed by atoms with Crippen molar-refractivity contribution in [3.63, 3.8) is 0 Å². The standard InChI is InChI=1S/C18H18N2O3/c21-17(19-14-6-7-14)12-23-16-10-8-15(9-11-16)20-18(22)13-4-2-1-3-5-13/h1-5,8-11,14H,6-7,12H2,(H,19,21)(H,20,22). The molecule has 2 aromatic carbocycles. The van der Waals surface area contributed by atoms with Crippen molar-refractivity contribution in [2.45, 2.75) is 18.9 Å². The Kier molecular flexibility index (Phi) is 4.57. The Morgan fingerprint density at radius 3 is 2.35 bits per heavy atom. The fraction of sp³-hybridized carbons (Fsp3) is 0.222. The second kappa shape index (κ2) is 6.96. The van der Waals surface area contributed by atoms with Crippen molar-refractivity contribution in [3.8, 4) is 5.75 Å². The van der Waals surface area contributed by atoms with Crippen LogP contribution in [0.1, 0.15) is 23.2 Å². The number of carbonyl (C=O) groups is 2. The van der Waals surface area contributed by atoms with Gasteiger partial charge in [0.15, 0.2) is 6.61 Å². The van der Waals surface area contributed by atoms with E-state index in [1.807, 2.05) is 18.2 Å². The molecule has 0 spiro atoms. The maximum absolute atomic E-state index is 12.0. The Bertz CT molecular complexity index is 679. The summed E-state index contributed by atoms with van der Waals surface area (Å²) in [5.74, 6) is 0.325. The summed E-state index contributed by atoms with van der Waals surface area (Å²) >= 11 is 0. The summed E-state index contributed by atoms with van der Waals surface area (Å²) in [6.45, 7) is 0.00617. The predicted octanol–water partition coefficient (Wildman–Crippen LogP) is 2.60. The van der Waals surface area contributed by atoms with Crippen LogP contribution in [0, 0.1) is 0 Å². The highest BCUT2D eigenvalue weighted by Gasteiger charge is 2.23. The highest BCUT2D eigenvalue weighted by atomic mass is 16.5. The molecule has 1 aliphatic carbocycles. The lowest BCUT2D eigenvalue weighted by Gasteiger charge is -2.08. The van der Waals surface area contributed by atoms with Crippen LogP contribution in [0.3, 0.4) is 0 Å². The van der Waals surface area contributed by atoms with Crippen molar-refractivity contribution in [1.82, 2.24) is 5.32 Å². The van der Waals surface area contributed by atoms with Crippen LogP contribution in [0.5, 0.6) is 5.75 Å². The average Bonchev–Trinajstić information content (AvgIpc) is 3.39. The zero-order valence-corrected chi connectivity index (χ0v) is 12.6. The Hall–Kier alpha value is -2.82. The molecular formula is C18H18N2O3. The van der Waals surface area contributed by atoms with Crippen LogP contribution in [0.25, 0.3) is 0 Å². The molecule has 0 bridgehead atoms. The third-order valence-electron chi connectivity index (χ3n) is 3.46. The smallest absolute Gasteiger partial charge is 0.258 e. The van der Waals surface area contributed by atoms with Crippen molar-refractivity contribution < 1.29 is 14.3 Å². The summed E-state index contributed by atoms with van der Waals surface area (Å²) < 4.78 is 5.42. The number of amides is 2. The number of nitrogens with one attached hydrogen (secondary N) is 2. The topological polar surface area (TPSA) is 67.4 Å². The molecule has 23 heavy (non-hydrogen) atoms. The average molecular weight is 310 g/mol. The van der Waals surface area contributed by atoms with Gasteiger partial charge in [-0.2, -0.15) is 0 Å². The summed E-state index contributed by atoms with van der Waals surface area (Å²) in [6.07, 6.45) is 2.11. The first-order valence-electron chi connectivity index (χ1n) is 7.59. The molecule has 1 fully saturated rings. The molecule has 0 unspecified atom stereocenters. The van der Waals surface area contributed by atoms with Gasteiger partial charge in [0.25, 0.3) is 11.8 Å². The van der Waals surface area contributed by atoms with E-state index in [1.165, 1.54) is 0 Å². The largest absolute Gasteiger partial charge is 0.484 e. The third kappa shape index (κ3) is 4.57. The Morgan fingerprint density at radius 1 is 1.00 bits per heavy atom. The van der Waals surface area contributed by atoms with Crippen molar-refractivity contribution in [2.24, 2.45) is 0 Å². The van der Waals surface area contributed by atoms with Crippen LogP contribution in [-0.2, 0) is 4.79 Å². The number of anilines is 1. The Balaban J connectivity index is 1.50. The molecule has 3 rings (SSSR count). The molecule has 0 radical (unpaired) electrons. The summed E-state index contributed by atoms with van der Waals surface area (Å²) in [5, 5.41) is 5.67. The van der Waals surface area contributed by atoms with Crippen LogP contribution in [0.2, 0.25) is 0 Å². The van der Waals surface area contributed by atoms with Crippen molar-refractivity contribution in [2.75, 3.05) is 11.9 Å². The van der Waals surface area contributed by atoms with Crippen LogP contribution < -0.4 is 15.4 Å². The van der Waals surface area contributed by atoms with Gasteiger partial charge in [-0.05, 0) is 49.2 Å². The monoisotopic (exact) mass is 310 g/mol. The highest BCUT2D eigenvalue weighted by Crippen LogP contribution is 2.19. The van der Waals surface area contributed by atoms with Crippen molar-refractivity contribution in [3.05, 3.63) is 60.2 Å². The third-order valence-corrected chi connectivity index (χ3v) is 3.46. The second-order valence-corrected chi connectivity index (χ2v) is 5.47. The molecule has 0 saturated heterocycles. The zero-order chi connectivity index (χ0) is 16.1. The lowest BCUT2D eigenvalue weighted by atomic mass is 10.2. The normalized spacial score (nSPS) is 13.2. The van der Waals surface area contributed by atoms with E-state index in [4.69, 9.17) is 4.74 Å². The molecule has 118 valence electrons. The van der Waals surface area contributed by atoms with Crippen LogP contribution in [0.4, 0.5) is 5.69 Å². The Labute approximate surface area is 134 Å². The van der Waals surface area contributed by atoms with E-state index < -0.39 is 0 Å². The molecule has 5 heteroatoms. The first kappa shape index (κ1) is 15.1. The maximum Gasteiger partial charge on any atom is 0.258 e. The van der Waals surface area contributed by atoms with E-state index >= 15 is 0 Å². The number of hydrogen-bond donors (Lipinski definition) is 2. The first-order chi connectivity index (χ1) is 11.2. The van der Waals surface area contributed by atoms with E-state index in [2.05, 4.69) is 10.6 Å². The van der Waals surface area contributed by atoms with Gasteiger partial charge in [0.2, 0.25) is 0 Å². The number of ether oxygens (including phenoxy) is 1. The van der Waals surface area contributed by atoms with Crippen LogP contribution in [-0.4, -0.2) is 24.5 Å². The summed E-state index contributed by atoms with van der Waals surface area (Å²) in [4.78, 5) is 23.6. The van der Waals surface area contributed by atoms with Gasteiger partial charge < -0.3 is 15.4 Å². The van der Waals surface area contributed by atoms with Crippen LogP contribution >= 0.6 is 0 Å². The quantitative estimate of drug-likeness (QED) is 0.862. The first-order valence-corrected chi connectivity index (χ1v) is 7.59. The summed E-state index contributed by atoms with van der Waals surface area (Å²) in [7, 11) is 0. The van der Waals surface area contributed by atoms with E-state index in [9.17, 15) is 9.59 Å². The predicted molar refractivity (Wildman–Crippen MR) is 87.5 cm³/mol. The second-order valence-electron chi connectivity index (χ2n) is 5.47. The molecule has 0 aliphatic heterocycles. The molecule has 2 N–H and O–H groups in total. The zero-order valence-electron chi connectivity index (χ0n) is 12.6. The number of rotatable bonds is 6. The molecule has 2 aromatic rings. The highest BCUT2D eigenvalue weighted by molar-refractivity contribution is 6.04. The van der Waals surface area contributed by atoms with Crippen molar-refractivity contribution >= 4 is 17.5 Å². The van der Waals surface area contributed by atoms with Gasteiger partial charge in [0.1, 0.15) is 5.75 Å². The van der Waals surface area contributed by atoms with E-state index in [0.29, 0.717) is 23.0 Å². The number of carbonyl (C=O) groups excluding carboxylic acids is 2. The number of benzene rings is 2. The lowest BCUT2D eigenvalue weighted by Crippen LogP contribution is -2.30. The van der Waals surface area contributed by atoms with Gasteiger partial charge in [-0.3, -0.25) is 9.59 Å². The summed E-state index contributed by atoms with van der Waals surface area (Å²) in [6, 6.07) is 16.3.